The number of rotatable bonds is 2. The summed E-state index contributed by atoms with van der Waals surface area (Å²) in [5.41, 5.74) is 5.65. The number of nitrogens with two attached hydrogens (primary N) is 1. The van der Waals surface area contributed by atoms with Crippen LogP contribution in [0.3, 0.4) is 0 Å². The summed E-state index contributed by atoms with van der Waals surface area (Å²) in [7, 11) is 0. The van der Waals surface area contributed by atoms with E-state index in [0.29, 0.717) is 18.5 Å². The van der Waals surface area contributed by atoms with Crippen molar-refractivity contribution in [1.82, 2.24) is 9.55 Å². The highest BCUT2D eigenvalue weighted by Crippen LogP contribution is 2.43. The van der Waals surface area contributed by atoms with E-state index in [1.165, 1.54) is 0 Å². The molecule has 3 N–H and O–H groups in total. The third-order valence-electron chi connectivity index (χ3n) is 4.03. The molecule has 17 heavy (non-hydrogen) atoms. The zero-order valence-electron chi connectivity index (χ0n) is 9.72. The second-order valence-corrected chi connectivity index (χ2v) is 5.25. The quantitative estimate of drug-likeness (QED) is 0.789. The van der Waals surface area contributed by atoms with E-state index in [0.717, 1.165) is 31.6 Å². The van der Waals surface area contributed by atoms with Crippen molar-refractivity contribution in [3.05, 3.63) is 17.7 Å². The molecule has 5 nitrogen and oxygen atoms in total. The van der Waals surface area contributed by atoms with E-state index in [9.17, 15) is 9.90 Å². The van der Waals surface area contributed by atoms with Gasteiger partial charge in [-0.25, -0.2) is 4.98 Å². The van der Waals surface area contributed by atoms with E-state index in [4.69, 9.17) is 5.73 Å². The van der Waals surface area contributed by atoms with Gasteiger partial charge in [-0.2, -0.15) is 0 Å². The third kappa shape index (κ3) is 1.49. The Morgan fingerprint density at radius 3 is 2.88 bits per heavy atom. The fourth-order valence-electron chi connectivity index (χ4n) is 2.97. The number of hydrogen-bond acceptors (Lipinski definition) is 3. The fourth-order valence-corrected chi connectivity index (χ4v) is 2.97. The number of aryl methyl sites for hydroxylation is 2. The number of carboxylic acid groups (broad SMARTS) is 1. The molecule has 0 saturated heterocycles. The molecule has 1 aliphatic heterocycles. The molecule has 0 radical (unpaired) electrons. The van der Waals surface area contributed by atoms with Crippen LogP contribution in [0.4, 0.5) is 0 Å². The van der Waals surface area contributed by atoms with Crippen LogP contribution in [0.1, 0.15) is 37.2 Å². The van der Waals surface area contributed by atoms with Crippen LogP contribution in [0.2, 0.25) is 0 Å². The monoisotopic (exact) mass is 235 g/mol. The van der Waals surface area contributed by atoms with Crippen LogP contribution in [-0.4, -0.2) is 26.7 Å². The number of fused-ring (bicyclic) bond motifs is 1. The van der Waals surface area contributed by atoms with Crippen molar-refractivity contribution >= 4 is 5.97 Å². The van der Waals surface area contributed by atoms with E-state index in [1.807, 2.05) is 6.20 Å². The Morgan fingerprint density at radius 2 is 2.29 bits per heavy atom. The lowest BCUT2D eigenvalue weighted by molar-refractivity contribution is -0.148. The van der Waals surface area contributed by atoms with E-state index < -0.39 is 11.4 Å². The first-order chi connectivity index (χ1) is 8.12. The highest BCUT2D eigenvalue weighted by Gasteiger charge is 2.52. The van der Waals surface area contributed by atoms with Crippen molar-refractivity contribution in [2.75, 3.05) is 0 Å². The van der Waals surface area contributed by atoms with Gasteiger partial charge in [-0.05, 0) is 25.7 Å². The van der Waals surface area contributed by atoms with E-state index in [1.54, 1.807) is 0 Å². The van der Waals surface area contributed by atoms with Gasteiger partial charge in [-0.1, -0.05) is 0 Å². The molecule has 5 heteroatoms. The number of hydrogen-bond donors (Lipinski definition) is 2. The SMILES string of the molecule is NC1CC(C(=O)O)(c2cn3c(n2)CCCC3)C1. The number of imidazole rings is 1. The first-order valence-corrected chi connectivity index (χ1v) is 6.17. The van der Waals surface area contributed by atoms with Crippen molar-refractivity contribution < 1.29 is 9.90 Å². The van der Waals surface area contributed by atoms with Crippen LogP contribution >= 0.6 is 0 Å². The Balaban J connectivity index is 1.97. The first-order valence-electron chi connectivity index (χ1n) is 6.17. The molecule has 1 saturated carbocycles. The van der Waals surface area contributed by atoms with Gasteiger partial charge in [0.25, 0.3) is 0 Å². The lowest BCUT2D eigenvalue weighted by Crippen LogP contribution is -2.54. The summed E-state index contributed by atoms with van der Waals surface area (Å²) in [6.07, 6.45) is 6.21. The maximum absolute atomic E-state index is 11.5. The van der Waals surface area contributed by atoms with Crippen molar-refractivity contribution in [3.63, 3.8) is 0 Å². The second kappa shape index (κ2) is 3.57. The predicted molar refractivity (Wildman–Crippen MR) is 61.7 cm³/mol. The van der Waals surface area contributed by atoms with Gasteiger partial charge in [-0.3, -0.25) is 4.79 Å². The van der Waals surface area contributed by atoms with Crippen molar-refractivity contribution in [1.29, 1.82) is 0 Å². The van der Waals surface area contributed by atoms with Gasteiger partial charge in [-0.15, -0.1) is 0 Å². The van der Waals surface area contributed by atoms with Crippen molar-refractivity contribution in [3.8, 4) is 0 Å². The minimum absolute atomic E-state index is 0.00447. The molecular formula is C12H17N3O2. The van der Waals surface area contributed by atoms with Crippen LogP contribution in [0.25, 0.3) is 0 Å². The highest BCUT2D eigenvalue weighted by molar-refractivity contribution is 5.82. The molecule has 0 atom stereocenters. The van der Waals surface area contributed by atoms with Gasteiger partial charge >= 0.3 is 5.97 Å². The average molecular weight is 235 g/mol. The summed E-state index contributed by atoms with van der Waals surface area (Å²) >= 11 is 0. The summed E-state index contributed by atoms with van der Waals surface area (Å²) in [6, 6.07) is 0.00447. The second-order valence-electron chi connectivity index (χ2n) is 5.25. The van der Waals surface area contributed by atoms with Gasteiger partial charge in [0.15, 0.2) is 0 Å². The van der Waals surface area contributed by atoms with Gasteiger partial charge < -0.3 is 15.4 Å². The molecule has 0 bridgehead atoms. The maximum atomic E-state index is 11.5. The van der Waals surface area contributed by atoms with Crippen LogP contribution < -0.4 is 5.73 Å². The number of aromatic nitrogens is 2. The molecule has 0 amide bonds. The minimum atomic E-state index is -0.816. The maximum Gasteiger partial charge on any atom is 0.315 e. The topological polar surface area (TPSA) is 81.1 Å². The number of aliphatic carboxylic acids is 1. The normalized spacial score (nSPS) is 31.7. The largest absolute Gasteiger partial charge is 0.481 e. The summed E-state index contributed by atoms with van der Waals surface area (Å²) < 4.78 is 2.10. The number of carboxylic acids is 1. The van der Waals surface area contributed by atoms with E-state index in [-0.39, 0.29) is 6.04 Å². The standard InChI is InChI=1S/C12H17N3O2/c13-8-5-12(6-8,11(16)17)9-7-15-4-2-1-3-10(15)14-9/h7-8H,1-6,13H2,(H,16,17). The van der Waals surface area contributed by atoms with Crippen LogP contribution in [0.5, 0.6) is 0 Å². The smallest absolute Gasteiger partial charge is 0.315 e. The Hall–Kier alpha value is -1.36. The highest BCUT2D eigenvalue weighted by atomic mass is 16.4. The van der Waals surface area contributed by atoms with Gasteiger partial charge in [0.05, 0.1) is 5.69 Å². The molecule has 0 aromatic carbocycles. The molecule has 3 rings (SSSR count). The van der Waals surface area contributed by atoms with Crippen molar-refractivity contribution in [2.45, 2.75) is 50.1 Å². The van der Waals surface area contributed by atoms with Crippen LogP contribution in [-0.2, 0) is 23.2 Å². The Labute approximate surface area is 99.6 Å². The lowest BCUT2D eigenvalue weighted by atomic mass is 9.64. The molecule has 1 aromatic rings. The zero-order chi connectivity index (χ0) is 12.0. The molecule has 2 aliphatic rings. The Kier molecular flexibility index (Phi) is 2.26. The van der Waals surface area contributed by atoms with Gasteiger partial charge in [0.1, 0.15) is 11.2 Å². The predicted octanol–water partition coefficient (Wildman–Crippen LogP) is 0.663. The number of carbonyl (C=O) groups is 1. The molecular weight excluding hydrogens is 218 g/mol. The summed E-state index contributed by atoms with van der Waals surface area (Å²) in [4.78, 5) is 16.0. The van der Waals surface area contributed by atoms with E-state index >= 15 is 0 Å². The molecule has 0 unspecified atom stereocenters. The minimum Gasteiger partial charge on any atom is -0.481 e. The summed E-state index contributed by atoms with van der Waals surface area (Å²) in [5, 5.41) is 9.41. The van der Waals surface area contributed by atoms with Gasteiger partial charge in [0, 0.05) is 25.2 Å². The van der Waals surface area contributed by atoms with Crippen LogP contribution in [0.15, 0.2) is 6.20 Å². The molecule has 1 aromatic heterocycles. The number of nitrogens with zero attached hydrogens (tertiary/aromatic N) is 2. The summed E-state index contributed by atoms with van der Waals surface area (Å²) in [6.45, 7) is 0.962. The fraction of sp³-hybridized carbons (Fsp3) is 0.667. The molecule has 2 heterocycles. The molecule has 0 spiro atoms. The molecule has 1 fully saturated rings. The Morgan fingerprint density at radius 1 is 1.53 bits per heavy atom. The lowest BCUT2D eigenvalue weighted by Gasteiger charge is -2.41. The molecule has 1 aliphatic carbocycles. The summed E-state index contributed by atoms with van der Waals surface area (Å²) in [5.74, 6) is 0.252. The van der Waals surface area contributed by atoms with Crippen molar-refractivity contribution in [2.24, 2.45) is 5.73 Å². The van der Waals surface area contributed by atoms with E-state index in [2.05, 4.69) is 9.55 Å². The van der Waals surface area contributed by atoms with Crippen LogP contribution in [0, 0.1) is 0 Å². The molecule has 92 valence electrons. The Bertz CT molecular complexity index is 437. The van der Waals surface area contributed by atoms with Gasteiger partial charge in [0.2, 0.25) is 0 Å². The third-order valence-corrected chi connectivity index (χ3v) is 4.03. The average Bonchev–Trinajstić information content (AvgIpc) is 2.67. The zero-order valence-corrected chi connectivity index (χ0v) is 9.72. The first kappa shape index (κ1) is 10.8.